The van der Waals surface area contributed by atoms with Crippen molar-refractivity contribution in [1.82, 2.24) is 19.7 Å². The fourth-order valence-corrected chi connectivity index (χ4v) is 1.89. The van der Waals surface area contributed by atoms with Crippen molar-refractivity contribution in [3.63, 3.8) is 0 Å². The van der Waals surface area contributed by atoms with Crippen LogP contribution in [-0.4, -0.2) is 26.9 Å². The molecule has 0 saturated carbocycles. The van der Waals surface area contributed by atoms with Gasteiger partial charge in [0.1, 0.15) is 11.0 Å². The van der Waals surface area contributed by atoms with Gasteiger partial charge in [-0.3, -0.25) is 4.68 Å². The molecule has 0 aliphatic carbocycles. The maximum absolute atomic E-state index is 5.84. The highest BCUT2D eigenvalue weighted by atomic mass is 35.5. The number of rotatable bonds is 3. The van der Waals surface area contributed by atoms with Gasteiger partial charge in [0.2, 0.25) is 11.2 Å². The lowest BCUT2D eigenvalue weighted by Crippen LogP contribution is -1.96. The molecule has 0 spiro atoms. The van der Waals surface area contributed by atoms with Gasteiger partial charge in [-0.25, -0.2) is 4.98 Å². The van der Waals surface area contributed by atoms with Crippen molar-refractivity contribution in [2.24, 2.45) is 7.05 Å². The average Bonchev–Trinajstić information content (AvgIpc) is 2.55. The van der Waals surface area contributed by atoms with Gasteiger partial charge in [-0.15, -0.1) is 0 Å². The minimum absolute atomic E-state index is 0.190. The Balaban J connectivity index is 2.74. The van der Waals surface area contributed by atoms with Gasteiger partial charge in [-0.05, 0) is 18.0 Å². The van der Waals surface area contributed by atoms with E-state index in [1.807, 2.05) is 7.05 Å². The number of fused-ring (bicyclic) bond motifs is 1. The van der Waals surface area contributed by atoms with Crippen molar-refractivity contribution in [2.45, 2.75) is 19.8 Å². The largest absolute Gasteiger partial charge is 0.479 e. The molecule has 0 radical (unpaired) electrons. The van der Waals surface area contributed by atoms with Gasteiger partial charge in [0, 0.05) is 7.05 Å². The van der Waals surface area contributed by atoms with Gasteiger partial charge in [0.15, 0.2) is 0 Å². The summed E-state index contributed by atoms with van der Waals surface area (Å²) >= 11 is 5.84. The highest BCUT2D eigenvalue weighted by Gasteiger charge is 2.16. The van der Waals surface area contributed by atoms with E-state index in [9.17, 15) is 0 Å². The van der Waals surface area contributed by atoms with Crippen LogP contribution in [0.2, 0.25) is 5.28 Å². The zero-order valence-corrected chi connectivity index (χ0v) is 10.2. The molecule has 2 aromatic heterocycles. The van der Waals surface area contributed by atoms with E-state index in [0.717, 1.165) is 29.6 Å². The standard InChI is InChI=1S/C10H13ClN4O/c1-4-5-6-7-8(15(2)14-6)9(16-3)13-10(11)12-7/h4-5H2,1-3H3. The Morgan fingerprint density at radius 1 is 1.38 bits per heavy atom. The first-order valence-electron chi connectivity index (χ1n) is 5.10. The summed E-state index contributed by atoms with van der Waals surface area (Å²) in [5.74, 6) is 0.465. The molecule has 0 unspecified atom stereocenters. The average molecular weight is 241 g/mol. The molecule has 0 bridgehead atoms. The van der Waals surface area contributed by atoms with Crippen LogP contribution in [-0.2, 0) is 13.5 Å². The number of halogens is 1. The molecule has 2 rings (SSSR count). The molecular weight excluding hydrogens is 228 g/mol. The van der Waals surface area contributed by atoms with E-state index in [0.29, 0.717) is 5.88 Å². The monoisotopic (exact) mass is 240 g/mol. The van der Waals surface area contributed by atoms with Gasteiger partial charge >= 0.3 is 0 Å². The van der Waals surface area contributed by atoms with Crippen molar-refractivity contribution in [1.29, 1.82) is 0 Å². The predicted molar refractivity (Wildman–Crippen MR) is 61.9 cm³/mol. The van der Waals surface area contributed by atoms with Crippen LogP contribution in [0.25, 0.3) is 11.0 Å². The Morgan fingerprint density at radius 2 is 2.12 bits per heavy atom. The van der Waals surface area contributed by atoms with Crippen LogP contribution in [0.5, 0.6) is 5.88 Å². The maximum Gasteiger partial charge on any atom is 0.244 e. The van der Waals surface area contributed by atoms with E-state index < -0.39 is 0 Å². The Kier molecular flexibility index (Phi) is 2.96. The molecule has 2 heterocycles. The van der Waals surface area contributed by atoms with Crippen LogP contribution in [0.4, 0.5) is 0 Å². The summed E-state index contributed by atoms with van der Waals surface area (Å²) < 4.78 is 6.92. The van der Waals surface area contributed by atoms with E-state index in [-0.39, 0.29) is 5.28 Å². The van der Waals surface area contributed by atoms with Crippen molar-refractivity contribution < 1.29 is 4.74 Å². The zero-order chi connectivity index (χ0) is 11.7. The first-order valence-corrected chi connectivity index (χ1v) is 5.48. The normalized spacial score (nSPS) is 11.0. The van der Waals surface area contributed by atoms with Gasteiger partial charge in [-0.2, -0.15) is 10.1 Å². The molecule has 0 aliphatic heterocycles. The van der Waals surface area contributed by atoms with Crippen molar-refractivity contribution in [3.8, 4) is 5.88 Å². The Hall–Kier alpha value is -1.36. The number of ether oxygens (including phenoxy) is 1. The van der Waals surface area contributed by atoms with E-state index in [1.54, 1.807) is 11.8 Å². The van der Waals surface area contributed by atoms with Crippen LogP contribution in [0.1, 0.15) is 19.0 Å². The maximum atomic E-state index is 5.84. The second kappa shape index (κ2) is 4.25. The van der Waals surface area contributed by atoms with Crippen molar-refractivity contribution in [2.75, 3.05) is 7.11 Å². The number of hydrogen-bond donors (Lipinski definition) is 0. The molecule has 86 valence electrons. The summed E-state index contributed by atoms with van der Waals surface area (Å²) in [5.41, 5.74) is 2.50. The van der Waals surface area contributed by atoms with E-state index in [2.05, 4.69) is 22.0 Å². The lowest BCUT2D eigenvalue weighted by Gasteiger charge is -2.01. The zero-order valence-electron chi connectivity index (χ0n) is 9.49. The molecule has 0 saturated heterocycles. The highest BCUT2D eigenvalue weighted by molar-refractivity contribution is 6.28. The van der Waals surface area contributed by atoms with Gasteiger partial charge in [0.05, 0.1) is 12.8 Å². The fraction of sp³-hybridized carbons (Fsp3) is 0.500. The summed E-state index contributed by atoms with van der Waals surface area (Å²) in [6.45, 7) is 2.10. The van der Waals surface area contributed by atoms with Crippen molar-refractivity contribution in [3.05, 3.63) is 11.0 Å². The summed E-state index contributed by atoms with van der Waals surface area (Å²) in [6, 6.07) is 0. The Morgan fingerprint density at radius 3 is 2.75 bits per heavy atom. The molecule has 0 atom stereocenters. The summed E-state index contributed by atoms with van der Waals surface area (Å²) in [4.78, 5) is 8.24. The van der Waals surface area contributed by atoms with Gasteiger partial charge in [0.25, 0.3) is 0 Å². The molecule has 0 aromatic carbocycles. The molecule has 0 aliphatic rings. The Labute approximate surface area is 98.4 Å². The molecule has 6 heteroatoms. The van der Waals surface area contributed by atoms with Crippen molar-refractivity contribution >= 4 is 22.6 Å². The molecule has 0 fully saturated rings. The molecule has 2 aromatic rings. The third-order valence-electron chi connectivity index (χ3n) is 2.37. The van der Waals surface area contributed by atoms with Gasteiger partial charge < -0.3 is 4.74 Å². The topological polar surface area (TPSA) is 52.8 Å². The summed E-state index contributed by atoms with van der Waals surface area (Å²) in [7, 11) is 3.41. The smallest absolute Gasteiger partial charge is 0.244 e. The summed E-state index contributed by atoms with van der Waals surface area (Å²) in [5, 5.41) is 4.59. The second-order valence-corrected chi connectivity index (χ2v) is 3.86. The van der Waals surface area contributed by atoms with Crippen LogP contribution in [0.3, 0.4) is 0 Å². The lowest BCUT2D eigenvalue weighted by atomic mass is 10.2. The molecule has 0 N–H and O–H groups in total. The minimum Gasteiger partial charge on any atom is -0.479 e. The predicted octanol–water partition coefficient (Wildman–Crippen LogP) is 1.98. The third kappa shape index (κ3) is 1.71. The van der Waals surface area contributed by atoms with Crippen LogP contribution in [0.15, 0.2) is 0 Å². The molecule has 16 heavy (non-hydrogen) atoms. The number of hydrogen-bond acceptors (Lipinski definition) is 4. The first-order chi connectivity index (χ1) is 7.67. The first kappa shape index (κ1) is 11.1. The van der Waals surface area contributed by atoms with Crippen LogP contribution in [0, 0.1) is 0 Å². The van der Waals surface area contributed by atoms with E-state index >= 15 is 0 Å². The number of nitrogens with zero attached hydrogens (tertiary/aromatic N) is 4. The SMILES string of the molecule is CCCc1nn(C)c2c(OC)nc(Cl)nc12. The Bertz CT molecular complexity index is 523. The number of aryl methyl sites for hydroxylation is 2. The minimum atomic E-state index is 0.190. The quantitative estimate of drug-likeness (QED) is 0.770. The van der Waals surface area contributed by atoms with Crippen LogP contribution < -0.4 is 4.74 Å². The molecule has 0 amide bonds. The molecular formula is C10H13ClN4O. The fourth-order valence-electron chi connectivity index (χ4n) is 1.73. The van der Waals surface area contributed by atoms with E-state index in [1.165, 1.54) is 0 Å². The summed E-state index contributed by atoms with van der Waals surface area (Å²) in [6.07, 6.45) is 1.88. The highest BCUT2D eigenvalue weighted by Crippen LogP contribution is 2.26. The van der Waals surface area contributed by atoms with Crippen LogP contribution >= 0.6 is 11.6 Å². The third-order valence-corrected chi connectivity index (χ3v) is 2.54. The van der Waals surface area contributed by atoms with Gasteiger partial charge in [-0.1, -0.05) is 13.3 Å². The lowest BCUT2D eigenvalue weighted by molar-refractivity contribution is 0.400. The number of methoxy groups -OCH3 is 1. The second-order valence-electron chi connectivity index (χ2n) is 3.52. The van der Waals surface area contributed by atoms with E-state index in [4.69, 9.17) is 16.3 Å². The number of aromatic nitrogens is 4. The molecule has 5 nitrogen and oxygen atoms in total.